The highest BCUT2D eigenvalue weighted by atomic mass is 16.6. The van der Waals surface area contributed by atoms with Gasteiger partial charge in [0.25, 0.3) is 0 Å². The zero-order chi connectivity index (χ0) is 17.1. The van der Waals surface area contributed by atoms with Crippen LogP contribution in [-0.2, 0) is 4.74 Å². The first-order valence-electron chi connectivity index (χ1n) is 6.54. The van der Waals surface area contributed by atoms with Gasteiger partial charge < -0.3 is 39.7 Å². The van der Waals surface area contributed by atoms with E-state index in [2.05, 4.69) is 0 Å². The number of carbonyl (C=O) groups is 1. The fourth-order valence-electron chi connectivity index (χ4n) is 2.09. The first kappa shape index (κ1) is 16.7. The van der Waals surface area contributed by atoms with Gasteiger partial charge in [-0.1, -0.05) is 0 Å². The van der Waals surface area contributed by atoms with E-state index in [0.29, 0.717) is 6.26 Å². The van der Waals surface area contributed by atoms with Crippen LogP contribution >= 0.6 is 0 Å². The summed E-state index contributed by atoms with van der Waals surface area (Å²) >= 11 is 0. The van der Waals surface area contributed by atoms with Crippen molar-refractivity contribution < 1.29 is 44.5 Å². The molecule has 0 saturated carbocycles. The van der Waals surface area contributed by atoms with E-state index in [1.165, 1.54) is 7.11 Å². The van der Waals surface area contributed by atoms with Crippen molar-refractivity contribution in [1.82, 2.24) is 0 Å². The lowest BCUT2D eigenvalue weighted by Gasteiger charge is -2.23. The molecule has 126 valence electrons. The second-order valence-corrected chi connectivity index (χ2v) is 4.73. The second-order valence-electron chi connectivity index (χ2n) is 4.73. The highest BCUT2D eigenvalue weighted by molar-refractivity contribution is 5.95. The Labute approximate surface area is 130 Å². The van der Waals surface area contributed by atoms with Crippen molar-refractivity contribution in [3.63, 3.8) is 0 Å². The number of phenols is 2. The lowest BCUT2D eigenvalue weighted by atomic mass is 10.1. The monoisotopic (exact) mass is 328 g/mol. The number of cyclic esters (lactones) is 1. The maximum Gasteiger partial charge on any atom is 0.342 e. The first-order chi connectivity index (χ1) is 10.9. The second kappa shape index (κ2) is 6.63. The predicted octanol–water partition coefficient (Wildman–Crippen LogP) is -0.182. The number of phenolic OH excluding ortho intramolecular Hbond substituents is 2. The Morgan fingerprint density at radius 1 is 1.39 bits per heavy atom. The van der Waals surface area contributed by atoms with Crippen LogP contribution < -0.4 is 9.47 Å². The van der Waals surface area contributed by atoms with E-state index in [0.717, 1.165) is 12.1 Å². The number of methoxy groups -OCH3 is 1. The zero-order valence-corrected chi connectivity index (χ0v) is 12.0. The van der Waals surface area contributed by atoms with Crippen LogP contribution in [0.3, 0.4) is 0 Å². The van der Waals surface area contributed by atoms with E-state index in [1.54, 1.807) is 0 Å². The van der Waals surface area contributed by atoms with Gasteiger partial charge in [0, 0.05) is 6.07 Å². The normalized spacial score (nSPS) is 20.1. The molecule has 0 aromatic heterocycles. The smallest absolute Gasteiger partial charge is 0.342 e. The molecule has 1 aliphatic rings. The maximum atomic E-state index is 12.1. The summed E-state index contributed by atoms with van der Waals surface area (Å²) in [5.74, 6) is -2.59. The van der Waals surface area contributed by atoms with Gasteiger partial charge in [-0.15, -0.1) is 0 Å². The van der Waals surface area contributed by atoms with Crippen molar-refractivity contribution in [3.8, 4) is 23.0 Å². The molecule has 23 heavy (non-hydrogen) atoms. The molecule has 5 N–H and O–H groups in total. The summed E-state index contributed by atoms with van der Waals surface area (Å²) in [7, 11) is 1.20. The number of aromatic hydroxyl groups is 2. The van der Waals surface area contributed by atoms with Crippen molar-refractivity contribution in [2.75, 3.05) is 13.7 Å². The molecule has 0 radical (unpaired) electrons. The standard InChI is InChI=1S/C14H16O9/c1-21-13-11(19)8(17)4-6-12(13)22-5-9(23-14(6)20)10(18)7(16)2-3-15/h2-4,7,9-10,15-19H,5H2,1H3/b3-2+. The van der Waals surface area contributed by atoms with Crippen LogP contribution in [0.2, 0.25) is 0 Å². The van der Waals surface area contributed by atoms with Gasteiger partial charge in [0.15, 0.2) is 17.6 Å². The molecule has 2 rings (SSSR count). The first-order valence-corrected chi connectivity index (χ1v) is 6.54. The van der Waals surface area contributed by atoms with Crippen LogP contribution in [0, 0.1) is 0 Å². The van der Waals surface area contributed by atoms with Crippen LogP contribution in [0.4, 0.5) is 0 Å². The van der Waals surface area contributed by atoms with Crippen LogP contribution in [0.15, 0.2) is 18.4 Å². The molecular weight excluding hydrogens is 312 g/mol. The molecule has 3 atom stereocenters. The SMILES string of the molecule is COc1c(O)c(O)cc2c1OCC(C(O)C(O)/C=C/O)OC2=O. The molecule has 0 fully saturated rings. The summed E-state index contributed by atoms with van der Waals surface area (Å²) in [6, 6.07) is 0.939. The topological polar surface area (TPSA) is 146 Å². The minimum atomic E-state index is -1.56. The molecular formula is C14H16O9. The Morgan fingerprint density at radius 2 is 2.09 bits per heavy atom. The van der Waals surface area contributed by atoms with Gasteiger partial charge in [-0.3, -0.25) is 0 Å². The molecule has 9 nitrogen and oxygen atoms in total. The van der Waals surface area contributed by atoms with Crippen LogP contribution in [0.25, 0.3) is 0 Å². The number of benzene rings is 1. The van der Waals surface area contributed by atoms with E-state index in [-0.39, 0.29) is 23.7 Å². The van der Waals surface area contributed by atoms with Gasteiger partial charge in [-0.25, -0.2) is 4.79 Å². The predicted molar refractivity (Wildman–Crippen MR) is 74.8 cm³/mol. The van der Waals surface area contributed by atoms with E-state index in [9.17, 15) is 25.2 Å². The number of aliphatic hydroxyl groups is 3. The largest absolute Gasteiger partial charge is 0.516 e. The summed E-state index contributed by atoms with van der Waals surface area (Å²) in [5, 5.41) is 47.5. The van der Waals surface area contributed by atoms with Gasteiger partial charge in [-0.05, 0) is 6.08 Å². The number of hydrogen-bond acceptors (Lipinski definition) is 9. The summed E-state index contributed by atoms with van der Waals surface area (Å²) < 4.78 is 15.3. The molecule has 0 spiro atoms. The van der Waals surface area contributed by atoms with Gasteiger partial charge in [0.1, 0.15) is 24.4 Å². The van der Waals surface area contributed by atoms with Crippen molar-refractivity contribution >= 4 is 5.97 Å². The van der Waals surface area contributed by atoms with Gasteiger partial charge >= 0.3 is 5.97 Å². The number of aliphatic hydroxyl groups excluding tert-OH is 3. The molecule has 3 unspecified atom stereocenters. The Hall–Kier alpha value is -2.65. The molecule has 1 heterocycles. The molecule has 1 aromatic rings. The van der Waals surface area contributed by atoms with Gasteiger partial charge in [0.2, 0.25) is 11.5 Å². The molecule has 0 aliphatic carbocycles. The minimum absolute atomic E-state index is 0.158. The quantitative estimate of drug-likeness (QED) is 0.288. The lowest BCUT2D eigenvalue weighted by Crippen LogP contribution is -2.42. The number of fused-ring (bicyclic) bond motifs is 1. The van der Waals surface area contributed by atoms with Crippen molar-refractivity contribution in [2.24, 2.45) is 0 Å². The summed E-state index contributed by atoms with van der Waals surface area (Å²) in [6.07, 6.45) is -2.87. The molecule has 0 bridgehead atoms. The minimum Gasteiger partial charge on any atom is -0.516 e. The zero-order valence-electron chi connectivity index (χ0n) is 12.0. The molecule has 9 heteroatoms. The van der Waals surface area contributed by atoms with Crippen molar-refractivity contribution in [3.05, 3.63) is 24.0 Å². The third-order valence-electron chi connectivity index (χ3n) is 3.28. The third-order valence-corrected chi connectivity index (χ3v) is 3.28. The molecule has 1 aromatic carbocycles. The molecule has 1 aliphatic heterocycles. The van der Waals surface area contributed by atoms with Crippen molar-refractivity contribution in [1.29, 1.82) is 0 Å². The number of carbonyl (C=O) groups excluding carboxylic acids is 1. The van der Waals surface area contributed by atoms with Crippen LogP contribution in [0.1, 0.15) is 10.4 Å². The summed E-state index contributed by atoms with van der Waals surface area (Å²) in [4.78, 5) is 12.1. The van der Waals surface area contributed by atoms with E-state index in [1.807, 2.05) is 0 Å². The third kappa shape index (κ3) is 3.10. The number of ether oxygens (including phenoxy) is 3. The fourth-order valence-corrected chi connectivity index (χ4v) is 2.09. The van der Waals surface area contributed by atoms with E-state index >= 15 is 0 Å². The van der Waals surface area contributed by atoms with Crippen LogP contribution in [-0.4, -0.2) is 63.5 Å². The van der Waals surface area contributed by atoms with E-state index < -0.39 is 35.8 Å². The fraction of sp³-hybridized carbons (Fsp3) is 0.357. The Balaban J connectivity index is 2.35. The number of rotatable bonds is 4. The van der Waals surface area contributed by atoms with Crippen molar-refractivity contribution in [2.45, 2.75) is 18.3 Å². The van der Waals surface area contributed by atoms with E-state index in [4.69, 9.17) is 19.3 Å². The van der Waals surface area contributed by atoms with Gasteiger partial charge in [-0.2, -0.15) is 0 Å². The molecule has 0 saturated heterocycles. The van der Waals surface area contributed by atoms with Crippen LogP contribution in [0.5, 0.6) is 23.0 Å². The average molecular weight is 328 g/mol. The van der Waals surface area contributed by atoms with Gasteiger partial charge in [0.05, 0.1) is 13.4 Å². The molecule has 0 amide bonds. The highest BCUT2D eigenvalue weighted by Crippen LogP contribution is 2.46. The average Bonchev–Trinajstić information content (AvgIpc) is 2.68. The summed E-state index contributed by atoms with van der Waals surface area (Å²) in [5.41, 5.74) is -0.209. The number of hydrogen-bond donors (Lipinski definition) is 5. The summed E-state index contributed by atoms with van der Waals surface area (Å²) in [6.45, 7) is -0.350. The Kier molecular flexibility index (Phi) is 4.82. The Morgan fingerprint density at radius 3 is 2.70 bits per heavy atom. The lowest BCUT2D eigenvalue weighted by molar-refractivity contribution is -0.0664. The number of esters is 1. The maximum absolute atomic E-state index is 12.1. The Bertz CT molecular complexity index is 625. The highest BCUT2D eigenvalue weighted by Gasteiger charge is 2.35.